The standard InChI is InChI=1S/C66H42N4.C54H34N2/c1-66(2)54-24-11-10-19-48(54)49-36-32-44(38-55(49)66)65-68-63(42-14-4-3-5-15-42)67-64(69-65)43-28-26-39(27-29-43)40-30-34-45(35-31-40)70-56-25-13-23-53-60-51-21-9-7-18-47(51)46-17-6-8-20-50(46)59(60)52-22-12-16-41-33-37-57(70)62(58(41)52)61(53)56;1-3-14-38(15-4-1)55(39-16-5-2-6-17-39)40-30-25-35(26-31-40)36-27-32-41(33-28-36)56-48-24-12-23-47-52-45-21-10-8-19-43(45)42-18-7-9-20-44(42)51(52)46-22-11-13-37-29-34-49(56)54(50(37)46)53(47)48/h3-38H,1-2H3;1-34H. The van der Waals surface area contributed by atoms with E-state index < -0.39 is 0 Å². The number of fused-ring (bicyclic) bond motifs is 19. The van der Waals surface area contributed by atoms with Crippen molar-refractivity contribution < 1.29 is 0 Å². The molecule has 0 saturated heterocycles. The summed E-state index contributed by atoms with van der Waals surface area (Å²) in [5.41, 5.74) is 33.6. The lowest BCUT2D eigenvalue weighted by atomic mass is 9.82. The summed E-state index contributed by atoms with van der Waals surface area (Å²) in [5, 5.41) is 20.8. The summed E-state index contributed by atoms with van der Waals surface area (Å²) in [4.78, 5) is 17.6. The van der Waals surface area contributed by atoms with Crippen molar-refractivity contribution >= 4 is 125 Å². The fourth-order valence-electron chi connectivity index (χ4n) is 21.7. The van der Waals surface area contributed by atoms with Gasteiger partial charge in [0, 0.05) is 72.1 Å². The van der Waals surface area contributed by atoms with Crippen LogP contribution in [0.25, 0.3) is 232 Å². The number of anilines is 3. The Bertz CT molecular complexity index is 8650. The highest BCUT2D eigenvalue weighted by atomic mass is 15.1. The molecule has 0 atom stereocenters. The highest BCUT2D eigenvalue weighted by Crippen LogP contribution is 2.58. The van der Waals surface area contributed by atoms with Crippen molar-refractivity contribution in [3.05, 3.63) is 436 Å². The molecule has 27 rings (SSSR count). The fraction of sp³-hybridized carbons (Fsp3) is 0.0250. The largest absolute Gasteiger partial charge is 0.311 e. The number of para-hydroxylation sites is 2. The van der Waals surface area contributed by atoms with Crippen LogP contribution in [-0.2, 0) is 5.41 Å². The number of aromatic nitrogens is 5. The molecule has 0 radical (unpaired) electrons. The van der Waals surface area contributed by atoms with Gasteiger partial charge < -0.3 is 14.0 Å². The molecule has 0 bridgehead atoms. The first-order chi connectivity index (χ1) is 62.3. The quantitative estimate of drug-likeness (QED) is 0.128. The molecule has 3 aliphatic carbocycles. The van der Waals surface area contributed by atoms with Crippen molar-refractivity contribution in [2.24, 2.45) is 0 Å². The van der Waals surface area contributed by atoms with E-state index >= 15 is 0 Å². The molecule has 0 spiro atoms. The molecular formula is C120H76N6. The zero-order chi connectivity index (χ0) is 83.0. The number of nitrogens with zero attached hydrogens (tertiary/aromatic N) is 6. The third-order valence-corrected chi connectivity index (χ3v) is 27.3. The van der Waals surface area contributed by atoms with Crippen LogP contribution in [0, 0.1) is 0 Å². The van der Waals surface area contributed by atoms with Gasteiger partial charge in [0.1, 0.15) is 0 Å². The van der Waals surface area contributed by atoms with E-state index in [-0.39, 0.29) is 5.41 Å². The second-order valence-corrected chi connectivity index (χ2v) is 34.3. The van der Waals surface area contributed by atoms with Gasteiger partial charge >= 0.3 is 0 Å². The van der Waals surface area contributed by atoms with Crippen LogP contribution in [0.5, 0.6) is 0 Å². The molecule has 0 aliphatic heterocycles. The van der Waals surface area contributed by atoms with E-state index in [1.165, 1.54) is 186 Å². The maximum atomic E-state index is 5.16. The van der Waals surface area contributed by atoms with Gasteiger partial charge in [-0.25, -0.2) is 15.0 Å². The van der Waals surface area contributed by atoms with E-state index in [9.17, 15) is 0 Å². The fourth-order valence-corrected chi connectivity index (χ4v) is 21.7. The van der Waals surface area contributed by atoms with Gasteiger partial charge in [0.05, 0.1) is 22.1 Å². The van der Waals surface area contributed by atoms with Crippen LogP contribution in [0.4, 0.5) is 17.1 Å². The van der Waals surface area contributed by atoms with Gasteiger partial charge in [-0.05, 0) is 245 Å². The van der Waals surface area contributed by atoms with E-state index in [4.69, 9.17) is 15.0 Å². The lowest BCUT2D eigenvalue weighted by molar-refractivity contribution is 0.660. The van der Waals surface area contributed by atoms with Gasteiger partial charge in [-0.3, -0.25) is 0 Å². The predicted octanol–water partition coefficient (Wildman–Crippen LogP) is 32.1. The topological polar surface area (TPSA) is 51.8 Å². The molecule has 0 fully saturated rings. The first kappa shape index (κ1) is 71.3. The van der Waals surface area contributed by atoms with Crippen molar-refractivity contribution in [3.8, 4) is 123 Å². The first-order valence-corrected chi connectivity index (χ1v) is 43.5. The van der Waals surface area contributed by atoms with Gasteiger partial charge in [-0.1, -0.05) is 347 Å². The zero-order valence-electron chi connectivity index (χ0n) is 69.1. The Morgan fingerprint density at radius 2 is 0.516 bits per heavy atom. The Morgan fingerprint density at radius 1 is 0.206 bits per heavy atom. The van der Waals surface area contributed by atoms with Gasteiger partial charge in [0.25, 0.3) is 0 Å². The molecule has 6 heteroatoms. The van der Waals surface area contributed by atoms with E-state index in [0.717, 1.165) is 56.3 Å². The molecule has 6 nitrogen and oxygen atoms in total. The van der Waals surface area contributed by atoms with E-state index in [2.05, 4.69) is 434 Å². The summed E-state index contributed by atoms with van der Waals surface area (Å²) in [5.74, 6) is 1.96. The van der Waals surface area contributed by atoms with E-state index in [1.807, 2.05) is 18.2 Å². The third kappa shape index (κ3) is 10.7. The second-order valence-electron chi connectivity index (χ2n) is 34.3. The van der Waals surface area contributed by atoms with Crippen LogP contribution < -0.4 is 4.90 Å². The van der Waals surface area contributed by atoms with Gasteiger partial charge in [0.15, 0.2) is 17.5 Å². The lowest BCUT2D eigenvalue weighted by Gasteiger charge is -2.25. The summed E-state index contributed by atoms with van der Waals surface area (Å²) in [6.45, 7) is 4.62. The van der Waals surface area contributed by atoms with Crippen molar-refractivity contribution in [2.45, 2.75) is 19.3 Å². The van der Waals surface area contributed by atoms with Gasteiger partial charge in [-0.15, -0.1) is 0 Å². The summed E-state index contributed by atoms with van der Waals surface area (Å²) in [6, 6.07) is 155. The molecule has 0 unspecified atom stereocenters. The zero-order valence-corrected chi connectivity index (χ0v) is 69.1. The van der Waals surface area contributed by atoms with Crippen molar-refractivity contribution in [2.75, 3.05) is 4.90 Å². The van der Waals surface area contributed by atoms with Crippen LogP contribution in [0.1, 0.15) is 25.0 Å². The Hall–Kier alpha value is -16.4. The normalized spacial score (nSPS) is 12.6. The van der Waals surface area contributed by atoms with E-state index in [0.29, 0.717) is 17.5 Å². The van der Waals surface area contributed by atoms with Crippen LogP contribution in [-0.4, -0.2) is 24.1 Å². The Balaban J connectivity index is 0.000000137. The first-order valence-electron chi connectivity index (χ1n) is 43.5. The molecule has 126 heavy (non-hydrogen) atoms. The minimum atomic E-state index is -0.133. The summed E-state index contributed by atoms with van der Waals surface area (Å²) in [7, 11) is 0. The molecule has 3 heterocycles. The summed E-state index contributed by atoms with van der Waals surface area (Å²) in [6.07, 6.45) is 0. The summed E-state index contributed by atoms with van der Waals surface area (Å²) < 4.78 is 4.94. The van der Waals surface area contributed by atoms with Crippen LogP contribution in [0.15, 0.2) is 425 Å². The molecule has 0 saturated carbocycles. The molecule has 3 aliphatic rings. The maximum Gasteiger partial charge on any atom is 0.164 e. The number of hydrogen-bond acceptors (Lipinski definition) is 4. The molecule has 0 amide bonds. The Morgan fingerprint density at radius 3 is 0.960 bits per heavy atom. The SMILES string of the molecule is CC1(C)c2ccccc2-c2ccc(-c3nc(-c4ccccc4)nc(-c4ccc(-c5ccc(-n6c7cccc8c7c7c9c(cccc9ccc76)-c6c-8c7ccccc7c7ccccc67)cc5)cc4)n3)cc21.c1ccc(N(c2ccccc2)c2ccc(-c3ccc(-n4c5cccc6c5c5c7c(cccc7ccc54)-c4c-6c5ccccc5c5ccccc45)cc3)cc2)cc1. The molecule has 24 aromatic rings. The Kier molecular flexibility index (Phi) is 15.7. The third-order valence-electron chi connectivity index (χ3n) is 27.3. The van der Waals surface area contributed by atoms with Gasteiger partial charge in [0.2, 0.25) is 0 Å². The predicted molar refractivity (Wildman–Crippen MR) is 528 cm³/mol. The van der Waals surface area contributed by atoms with Crippen molar-refractivity contribution in [1.82, 2.24) is 24.1 Å². The minimum absolute atomic E-state index is 0.133. The summed E-state index contributed by atoms with van der Waals surface area (Å²) >= 11 is 0. The highest BCUT2D eigenvalue weighted by molar-refractivity contribution is 6.37. The second kappa shape index (κ2) is 27.8. The highest BCUT2D eigenvalue weighted by Gasteiger charge is 2.37. The smallest absolute Gasteiger partial charge is 0.164 e. The maximum absolute atomic E-state index is 5.16. The number of rotatable bonds is 10. The number of hydrogen-bond donors (Lipinski definition) is 0. The minimum Gasteiger partial charge on any atom is -0.311 e. The lowest BCUT2D eigenvalue weighted by Crippen LogP contribution is -2.15. The molecule has 0 N–H and O–H groups in total. The molecule has 3 aromatic heterocycles. The monoisotopic (exact) mass is 1600 g/mol. The van der Waals surface area contributed by atoms with Gasteiger partial charge in [-0.2, -0.15) is 0 Å². The van der Waals surface area contributed by atoms with Crippen LogP contribution in [0.2, 0.25) is 0 Å². The van der Waals surface area contributed by atoms with E-state index in [1.54, 1.807) is 0 Å². The van der Waals surface area contributed by atoms with Crippen LogP contribution >= 0.6 is 0 Å². The van der Waals surface area contributed by atoms with Crippen LogP contribution in [0.3, 0.4) is 0 Å². The molecular weight excluding hydrogens is 1530 g/mol. The van der Waals surface area contributed by atoms with Crippen molar-refractivity contribution in [3.63, 3.8) is 0 Å². The Labute approximate surface area is 727 Å². The molecule has 586 valence electrons. The average Bonchev–Trinajstić information content (AvgIpc) is 1.52. The average molecular weight is 1600 g/mol. The number of benzene rings is 21. The van der Waals surface area contributed by atoms with Crippen molar-refractivity contribution in [1.29, 1.82) is 0 Å². The molecule has 21 aromatic carbocycles.